The van der Waals surface area contributed by atoms with Gasteiger partial charge in [-0.25, -0.2) is 14.8 Å². The predicted octanol–water partition coefficient (Wildman–Crippen LogP) is 0.00210. The van der Waals surface area contributed by atoms with Gasteiger partial charge >= 0.3 is 5.97 Å². The molecule has 1 saturated heterocycles. The highest BCUT2D eigenvalue weighted by molar-refractivity contribution is 5.90. The first-order chi connectivity index (χ1) is 8.27. The van der Waals surface area contributed by atoms with Crippen LogP contribution in [0.15, 0.2) is 12.4 Å². The van der Waals surface area contributed by atoms with Crippen molar-refractivity contribution in [3.8, 4) is 0 Å². The van der Waals surface area contributed by atoms with Gasteiger partial charge < -0.3 is 19.9 Å². The summed E-state index contributed by atoms with van der Waals surface area (Å²) < 4.78 is 10.6. The molecule has 0 spiro atoms. The van der Waals surface area contributed by atoms with Gasteiger partial charge in [0.2, 0.25) is 0 Å². The lowest BCUT2D eigenvalue weighted by Crippen LogP contribution is -2.34. The molecule has 0 bridgehead atoms. The van der Waals surface area contributed by atoms with E-state index >= 15 is 0 Å². The van der Waals surface area contributed by atoms with Gasteiger partial charge in [-0.1, -0.05) is 0 Å². The van der Waals surface area contributed by atoms with Gasteiger partial charge in [-0.05, 0) is 0 Å². The normalized spacial score (nSPS) is 19.9. The van der Waals surface area contributed by atoms with E-state index in [9.17, 15) is 4.79 Å². The van der Waals surface area contributed by atoms with E-state index in [2.05, 4.69) is 15.3 Å². The van der Waals surface area contributed by atoms with Crippen LogP contribution in [0.3, 0.4) is 0 Å². The summed E-state index contributed by atoms with van der Waals surface area (Å²) in [5.74, 6) is -0.865. The van der Waals surface area contributed by atoms with Crippen molar-refractivity contribution in [1.29, 1.82) is 0 Å². The average Bonchev–Trinajstić information content (AvgIpc) is 2.38. The lowest BCUT2D eigenvalue weighted by atomic mass is 10.3. The summed E-state index contributed by atoms with van der Waals surface area (Å²) in [4.78, 5) is 18.6. The highest BCUT2D eigenvalue weighted by Gasteiger charge is 2.17. The number of nitrogens with zero attached hydrogens (tertiary/aromatic N) is 2. The molecule has 2 heterocycles. The first kappa shape index (κ1) is 11.7. The summed E-state index contributed by atoms with van der Waals surface area (Å²) >= 11 is 0. The second-order valence-corrected chi connectivity index (χ2v) is 3.51. The van der Waals surface area contributed by atoms with Crippen molar-refractivity contribution >= 4 is 11.8 Å². The minimum absolute atomic E-state index is 0.0904. The van der Waals surface area contributed by atoms with Crippen molar-refractivity contribution in [1.82, 2.24) is 9.97 Å². The van der Waals surface area contributed by atoms with Crippen LogP contribution < -0.4 is 5.32 Å². The zero-order valence-electron chi connectivity index (χ0n) is 9.13. The van der Waals surface area contributed by atoms with Crippen LogP contribution in [-0.2, 0) is 9.47 Å². The van der Waals surface area contributed by atoms with E-state index in [1.165, 1.54) is 12.4 Å². The number of nitrogens with one attached hydrogen (secondary N) is 1. The van der Waals surface area contributed by atoms with E-state index in [1.54, 1.807) is 0 Å². The number of ether oxygens (including phenoxy) is 2. The number of rotatable bonds is 4. The van der Waals surface area contributed by atoms with Gasteiger partial charge in [-0.2, -0.15) is 0 Å². The van der Waals surface area contributed by atoms with Crippen molar-refractivity contribution in [2.75, 3.05) is 31.7 Å². The monoisotopic (exact) mass is 239 g/mol. The molecule has 1 aliphatic rings. The number of carboxylic acid groups (broad SMARTS) is 1. The van der Waals surface area contributed by atoms with E-state index in [0.717, 1.165) is 0 Å². The molecule has 0 aliphatic carbocycles. The first-order valence-corrected chi connectivity index (χ1v) is 5.25. The Labute approximate surface area is 97.8 Å². The molecule has 1 atom stereocenters. The molecule has 0 aromatic carbocycles. The smallest absolute Gasteiger partial charge is 0.358 e. The molecule has 92 valence electrons. The van der Waals surface area contributed by atoms with E-state index in [-0.39, 0.29) is 17.6 Å². The summed E-state index contributed by atoms with van der Waals surface area (Å²) in [7, 11) is 0. The fourth-order valence-electron chi connectivity index (χ4n) is 1.49. The van der Waals surface area contributed by atoms with Gasteiger partial charge in [0.1, 0.15) is 0 Å². The number of aromatic carboxylic acids is 1. The van der Waals surface area contributed by atoms with Gasteiger partial charge in [0.25, 0.3) is 0 Å². The van der Waals surface area contributed by atoms with Crippen LogP contribution in [0.2, 0.25) is 0 Å². The maximum absolute atomic E-state index is 10.9. The summed E-state index contributed by atoms with van der Waals surface area (Å²) in [5, 5.41) is 11.8. The Bertz CT molecular complexity index is 393. The molecule has 1 aliphatic heterocycles. The van der Waals surface area contributed by atoms with Crippen LogP contribution in [0.25, 0.3) is 0 Å². The molecular weight excluding hydrogens is 226 g/mol. The molecule has 1 unspecified atom stereocenters. The van der Waals surface area contributed by atoms with E-state index in [0.29, 0.717) is 26.4 Å². The minimum Gasteiger partial charge on any atom is -0.476 e. The van der Waals surface area contributed by atoms with Crippen LogP contribution in [0.4, 0.5) is 5.82 Å². The number of anilines is 1. The third-order valence-corrected chi connectivity index (χ3v) is 2.28. The summed E-state index contributed by atoms with van der Waals surface area (Å²) in [5.41, 5.74) is -0.0933. The molecule has 2 N–H and O–H groups in total. The Kier molecular flexibility index (Phi) is 3.84. The van der Waals surface area contributed by atoms with E-state index in [1.807, 2.05) is 0 Å². The number of aromatic nitrogens is 2. The van der Waals surface area contributed by atoms with E-state index in [4.69, 9.17) is 14.6 Å². The topological polar surface area (TPSA) is 93.6 Å². The van der Waals surface area contributed by atoms with Crippen molar-refractivity contribution in [3.63, 3.8) is 0 Å². The van der Waals surface area contributed by atoms with Crippen molar-refractivity contribution in [2.24, 2.45) is 0 Å². The number of carboxylic acids is 1. The van der Waals surface area contributed by atoms with Gasteiger partial charge in [0.15, 0.2) is 11.5 Å². The van der Waals surface area contributed by atoms with Gasteiger partial charge in [0.05, 0.1) is 25.9 Å². The molecule has 0 saturated carbocycles. The predicted molar refractivity (Wildman–Crippen MR) is 58.0 cm³/mol. The number of carbonyl (C=O) groups is 1. The van der Waals surface area contributed by atoms with Crippen molar-refractivity contribution in [2.45, 2.75) is 6.10 Å². The molecule has 1 fully saturated rings. The molecular formula is C10H13N3O4. The van der Waals surface area contributed by atoms with Crippen LogP contribution in [0.1, 0.15) is 10.5 Å². The number of hydrogen-bond acceptors (Lipinski definition) is 6. The fourth-order valence-corrected chi connectivity index (χ4v) is 1.49. The highest BCUT2D eigenvalue weighted by atomic mass is 16.6. The van der Waals surface area contributed by atoms with E-state index < -0.39 is 5.97 Å². The third-order valence-electron chi connectivity index (χ3n) is 2.28. The van der Waals surface area contributed by atoms with Crippen molar-refractivity contribution < 1.29 is 19.4 Å². The standard InChI is InChI=1S/C10H13N3O4/c14-10(15)8-9(12-2-1-11-8)13-5-7-6-16-3-4-17-7/h1-2,7H,3-6H2,(H,12,13)(H,14,15). The number of hydrogen-bond donors (Lipinski definition) is 2. The maximum Gasteiger partial charge on any atom is 0.358 e. The Morgan fingerprint density at radius 2 is 2.29 bits per heavy atom. The quantitative estimate of drug-likeness (QED) is 0.763. The molecule has 0 amide bonds. The highest BCUT2D eigenvalue weighted by Crippen LogP contribution is 2.09. The third kappa shape index (κ3) is 3.11. The Morgan fingerprint density at radius 1 is 1.47 bits per heavy atom. The zero-order valence-corrected chi connectivity index (χ0v) is 9.13. The average molecular weight is 239 g/mol. The van der Waals surface area contributed by atoms with Crippen LogP contribution >= 0.6 is 0 Å². The largest absolute Gasteiger partial charge is 0.476 e. The van der Waals surface area contributed by atoms with Gasteiger partial charge in [-0.15, -0.1) is 0 Å². The SMILES string of the molecule is O=C(O)c1nccnc1NCC1COCCO1. The lowest BCUT2D eigenvalue weighted by molar-refractivity contribution is -0.0819. The molecule has 7 heteroatoms. The Balaban J connectivity index is 1.96. The van der Waals surface area contributed by atoms with Crippen LogP contribution in [0.5, 0.6) is 0 Å². The summed E-state index contributed by atoms with van der Waals surface area (Å²) in [6.45, 7) is 2.09. The second-order valence-electron chi connectivity index (χ2n) is 3.51. The first-order valence-electron chi connectivity index (χ1n) is 5.25. The maximum atomic E-state index is 10.9. The Hall–Kier alpha value is -1.73. The van der Waals surface area contributed by atoms with Crippen molar-refractivity contribution in [3.05, 3.63) is 18.1 Å². The molecule has 7 nitrogen and oxygen atoms in total. The van der Waals surface area contributed by atoms with Crippen LogP contribution in [0, 0.1) is 0 Å². The fraction of sp³-hybridized carbons (Fsp3) is 0.500. The summed E-state index contributed by atoms with van der Waals surface area (Å²) in [6, 6.07) is 0. The molecule has 2 rings (SSSR count). The summed E-state index contributed by atoms with van der Waals surface area (Å²) in [6.07, 6.45) is 2.69. The molecule has 1 aromatic rings. The molecule has 1 aromatic heterocycles. The lowest BCUT2D eigenvalue weighted by Gasteiger charge is -2.23. The van der Waals surface area contributed by atoms with Gasteiger partial charge in [-0.3, -0.25) is 0 Å². The Morgan fingerprint density at radius 3 is 3.00 bits per heavy atom. The van der Waals surface area contributed by atoms with Gasteiger partial charge in [0, 0.05) is 18.9 Å². The molecule has 0 radical (unpaired) electrons. The zero-order chi connectivity index (χ0) is 12.1. The minimum atomic E-state index is -1.11. The second kappa shape index (κ2) is 5.55. The van der Waals surface area contributed by atoms with Crippen LogP contribution in [-0.4, -0.2) is 53.5 Å². The molecule has 17 heavy (non-hydrogen) atoms.